The van der Waals surface area contributed by atoms with Gasteiger partial charge in [0.2, 0.25) is 0 Å². The summed E-state index contributed by atoms with van der Waals surface area (Å²) in [4.78, 5) is 19.1. The number of hydrogen-bond acceptors (Lipinski definition) is 5. The van der Waals surface area contributed by atoms with E-state index in [-0.39, 0.29) is 11.9 Å². The minimum Gasteiger partial charge on any atom is -0.468 e. The van der Waals surface area contributed by atoms with Crippen LogP contribution in [0.3, 0.4) is 0 Å². The van der Waals surface area contributed by atoms with Crippen LogP contribution in [0.2, 0.25) is 0 Å². The van der Waals surface area contributed by atoms with Crippen molar-refractivity contribution in [3.8, 4) is 0 Å². The normalized spacial score (nSPS) is 13.1. The van der Waals surface area contributed by atoms with Gasteiger partial charge in [-0.05, 0) is 5.92 Å². The zero-order chi connectivity index (χ0) is 11.7. The second kappa shape index (κ2) is 8.24. The number of rotatable bonds is 3. The molecule has 0 spiro atoms. The van der Waals surface area contributed by atoms with Gasteiger partial charge in [0.05, 0.1) is 7.11 Å². The molecule has 0 aliphatic heterocycles. The molecule has 7 heteroatoms. The van der Waals surface area contributed by atoms with Crippen LogP contribution in [-0.2, 0) is 9.53 Å². The summed E-state index contributed by atoms with van der Waals surface area (Å²) in [5.41, 5.74) is 5.51. The molecule has 0 saturated heterocycles. The molecule has 0 saturated carbocycles. The Morgan fingerprint density at radius 2 is 2.07 bits per heavy atom. The van der Waals surface area contributed by atoms with E-state index >= 15 is 0 Å². The van der Waals surface area contributed by atoms with Gasteiger partial charge in [-0.2, -0.15) is 0 Å². The van der Waals surface area contributed by atoms with Crippen LogP contribution in [0.1, 0.15) is 20.3 Å². The van der Waals surface area contributed by atoms with E-state index < -0.39 is 11.1 Å². The van der Waals surface area contributed by atoms with Gasteiger partial charge in [-0.25, -0.2) is 0 Å². The molecular weight excluding hydrogens is 192 g/mol. The number of hydrogen-bond donors (Lipinski definition) is 2. The van der Waals surface area contributed by atoms with Crippen molar-refractivity contribution in [2.24, 2.45) is 11.7 Å². The maximum absolute atomic E-state index is 10.8. The lowest BCUT2D eigenvalue weighted by atomic mass is 10.0. The van der Waals surface area contributed by atoms with E-state index in [0.717, 1.165) is 6.42 Å². The van der Waals surface area contributed by atoms with Crippen molar-refractivity contribution < 1.29 is 19.8 Å². The van der Waals surface area contributed by atoms with E-state index in [1.165, 1.54) is 7.11 Å². The van der Waals surface area contributed by atoms with Gasteiger partial charge in [-0.3, -0.25) is 4.79 Å². The highest BCUT2D eigenvalue weighted by atomic mass is 16.9. The summed E-state index contributed by atoms with van der Waals surface area (Å²) < 4.78 is 4.47. The summed E-state index contributed by atoms with van der Waals surface area (Å²) in [6.45, 7) is 3.93. The third kappa shape index (κ3) is 8.72. The van der Waals surface area contributed by atoms with Gasteiger partial charge >= 0.3 is 5.97 Å². The van der Waals surface area contributed by atoms with Crippen LogP contribution >= 0.6 is 0 Å². The van der Waals surface area contributed by atoms with Crippen molar-refractivity contribution in [1.29, 1.82) is 0 Å². The lowest BCUT2D eigenvalue weighted by Gasteiger charge is -2.14. The molecule has 0 amide bonds. The second-order valence-corrected chi connectivity index (χ2v) is 2.67. The molecule has 14 heavy (non-hydrogen) atoms. The fourth-order valence-electron chi connectivity index (χ4n) is 0.622. The molecule has 0 radical (unpaired) electrons. The molecule has 0 aromatic carbocycles. The minimum absolute atomic E-state index is 0.201. The molecule has 0 aliphatic rings. The molecular formula is C7H16N2O5. The van der Waals surface area contributed by atoms with Crippen molar-refractivity contribution in [3.63, 3.8) is 0 Å². The third-order valence-electron chi connectivity index (χ3n) is 1.73. The van der Waals surface area contributed by atoms with E-state index in [0.29, 0.717) is 0 Å². The Balaban J connectivity index is 0. The van der Waals surface area contributed by atoms with E-state index in [2.05, 4.69) is 4.74 Å². The Morgan fingerprint density at radius 3 is 2.29 bits per heavy atom. The molecule has 0 heterocycles. The Morgan fingerprint density at radius 1 is 1.71 bits per heavy atom. The molecule has 0 aliphatic carbocycles. The summed E-state index contributed by atoms with van der Waals surface area (Å²) in [6.07, 6.45) is 0.899. The average Bonchev–Trinajstić information content (AvgIpc) is 2.13. The highest BCUT2D eigenvalue weighted by molar-refractivity contribution is 5.75. The van der Waals surface area contributed by atoms with Crippen molar-refractivity contribution in [2.45, 2.75) is 26.3 Å². The SMILES string of the molecule is CCC(C)C(N)C(=O)OC.O=[N+]([O-])O. The zero-order valence-electron chi connectivity index (χ0n) is 8.47. The monoisotopic (exact) mass is 208 g/mol. The highest BCUT2D eigenvalue weighted by Crippen LogP contribution is 2.05. The average molecular weight is 208 g/mol. The molecule has 84 valence electrons. The smallest absolute Gasteiger partial charge is 0.322 e. The van der Waals surface area contributed by atoms with Crippen LogP contribution in [0, 0.1) is 16.0 Å². The maximum Gasteiger partial charge on any atom is 0.322 e. The van der Waals surface area contributed by atoms with Crippen LogP contribution in [0.15, 0.2) is 0 Å². The van der Waals surface area contributed by atoms with Crippen molar-refractivity contribution in [3.05, 3.63) is 10.1 Å². The predicted molar refractivity (Wildman–Crippen MR) is 48.2 cm³/mol. The van der Waals surface area contributed by atoms with Crippen LogP contribution < -0.4 is 5.73 Å². The molecule has 7 nitrogen and oxygen atoms in total. The summed E-state index contributed by atoms with van der Waals surface area (Å²) in [6, 6.07) is -0.463. The first kappa shape index (κ1) is 15.1. The Bertz CT molecular complexity index is 181. The largest absolute Gasteiger partial charge is 0.468 e. The number of carbonyl (C=O) groups is 1. The standard InChI is InChI=1S/C7H15NO2.HNO3/c1-4-5(2)6(8)7(9)10-3;2-1(3)4/h5-6H,4,8H2,1-3H3;(H,2,3,4). The molecule has 0 fully saturated rings. The van der Waals surface area contributed by atoms with Crippen LogP contribution in [0.4, 0.5) is 0 Å². The molecule has 2 unspecified atom stereocenters. The van der Waals surface area contributed by atoms with Crippen molar-refractivity contribution in [1.82, 2.24) is 0 Å². The molecule has 2 atom stereocenters. The van der Waals surface area contributed by atoms with Gasteiger partial charge in [0.25, 0.3) is 5.09 Å². The number of methoxy groups -OCH3 is 1. The summed E-state index contributed by atoms with van der Waals surface area (Å²) in [5.74, 6) is -0.123. The Hall–Kier alpha value is -1.37. The second-order valence-electron chi connectivity index (χ2n) is 2.67. The number of carbonyl (C=O) groups excluding carboxylic acids is 1. The Labute approximate surface area is 82.0 Å². The third-order valence-corrected chi connectivity index (χ3v) is 1.73. The summed E-state index contributed by atoms with van der Waals surface area (Å²) >= 11 is 0. The molecule has 0 aromatic heterocycles. The van der Waals surface area contributed by atoms with Crippen molar-refractivity contribution >= 4 is 5.97 Å². The molecule has 0 aromatic rings. The first-order valence-electron chi connectivity index (χ1n) is 4.03. The van der Waals surface area contributed by atoms with E-state index in [1.54, 1.807) is 0 Å². The zero-order valence-corrected chi connectivity index (χ0v) is 8.47. The van der Waals surface area contributed by atoms with Gasteiger partial charge < -0.3 is 15.7 Å². The van der Waals surface area contributed by atoms with Gasteiger partial charge in [0.15, 0.2) is 0 Å². The van der Waals surface area contributed by atoms with E-state index in [9.17, 15) is 4.79 Å². The Kier molecular flexibility index (Phi) is 8.90. The van der Waals surface area contributed by atoms with Gasteiger partial charge in [0.1, 0.15) is 6.04 Å². The van der Waals surface area contributed by atoms with Crippen LogP contribution in [0.25, 0.3) is 0 Å². The predicted octanol–water partition coefficient (Wildman–Crippen LogP) is 0.185. The quantitative estimate of drug-likeness (QED) is 0.388. The number of esters is 1. The summed E-state index contributed by atoms with van der Waals surface area (Å²) in [7, 11) is 1.35. The topological polar surface area (TPSA) is 116 Å². The van der Waals surface area contributed by atoms with Gasteiger partial charge in [0, 0.05) is 0 Å². The van der Waals surface area contributed by atoms with Crippen LogP contribution in [-0.4, -0.2) is 29.4 Å². The number of ether oxygens (including phenoxy) is 1. The summed E-state index contributed by atoms with van der Waals surface area (Å²) in [5, 5.41) is 13.6. The van der Waals surface area contributed by atoms with E-state index in [1.807, 2.05) is 13.8 Å². The maximum atomic E-state index is 10.8. The fourth-order valence-corrected chi connectivity index (χ4v) is 0.622. The van der Waals surface area contributed by atoms with Gasteiger partial charge in [-0.1, -0.05) is 20.3 Å². The highest BCUT2D eigenvalue weighted by Gasteiger charge is 2.19. The first-order chi connectivity index (χ1) is 6.36. The number of nitrogens with two attached hydrogens (primary N) is 1. The van der Waals surface area contributed by atoms with E-state index in [4.69, 9.17) is 21.1 Å². The van der Waals surface area contributed by atoms with Crippen LogP contribution in [0.5, 0.6) is 0 Å². The fraction of sp³-hybridized carbons (Fsp3) is 0.857. The van der Waals surface area contributed by atoms with Crippen molar-refractivity contribution in [2.75, 3.05) is 7.11 Å². The van der Waals surface area contributed by atoms with Gasteiger partial charge in [-0.15, -0.1) is 10.1 Å². The number of nitrogens with zero attached hydrogens (tertiary/aromatic N) is 1. The molecule has 0 bridgehead atoms. The lowest BCUT2D eigenvalue weighted by molar-refractivity contribution is -0.742. The molecule has 0 rings (SSSR count). The molecule has 3 N–H and O–H groups in total. The minimum atomic E-state index is -1.50. The lowest BCUT2D eigenvalue weighted by Crippen LogP contribution is -2.37. The first-order valence-corrected chi connectivity index (χ1v) is 4.03.